The van der Waals surface area contributed by atoms with Gasteiger partial charge in [0.2, 0.25) is 15.9 Å². The van der Waals surface area contributed by atoms with Crippen LogP contribution in [-0.4, -0.2) is 26.6 Å². The number of carbonyl (C=O) groups is 1. The third-order valence-corrected chi connectivity index (χ3v) is 6.48. The van der Waals surface area contributed by atoms with Gasteiger partial charge in [0.05, 0.1) is 11.9 Å². The molecule has 5 nitrogen and oxygen atoms in total. The molecular formula is C22H23ClN2O3S. The Morgan fingerprint density at radius 1 is 1.10 bits per heavy atom. The highest BCUT2D eigenvalue weighted by molar-refractivity contribution is 7.92. The molecule has 7 heteroatoms. The van der Waals surface area contributed by atoms with Crippen molar-refractivity contribution in [1.29, 1.82) is 0 Å². The van der Waals surface area contributed by atoms with Crippen molar-refractivity contribution >= 4 is 44.0 Å². The lowest BCUT2D eigenvalue weighted by molar-refractivity contribution is -0.122. The largest absolute Gasteiger partial charge is 0.350 e. The molecule has 3 rings (SSSR count). The van der Waals surface area contributed by atoms with Gasteiger partial charge in [-0.05, 0) is 47.9 Å². The van der Waals surface area contributed by atoms with Crippen molar-refractivity contribution in [2.24, 2.45) is 0 Å². The van der Waals surface area contributed by atoms with Crippen LogP contribution in [0.1, 0.15) is 18.1 Å². The monoisotopic (exact) mass is 430 g/mol. The van der Waals surface area contributed by atoms with Crippen LogP contribution in [0.15, 0.2) is 60.7 Å². The van der Waals surface area contributed by atoms with Gasteiger partial charge in [0.1, 0.15) is 6.04 Å². The zero-order chi connectivity index (χ0) is 21.2. The third kappa shape index (κ3) is 4.71. The van der Waals surface area contributed by atoms with E-state index >= 15 is 0 Å². The molecular weight excluding hydrogens is 408 g/mol. The second-order valence-corrected chi connectivity index (χ2v) is 9.29. The van der Waals surface area contributed by atoms with Gasteiger partial charge >= 0.3 is 0 Å². The molecule has 1 amide bonds. The molecule has 29 heavy (non-hydrogen) atoms. The van der Waals surface area contributed by atoms with E-state index in [1.165, 1.54) is 0 Å². The minimum absolute atomic E-state index is 0.302. The second-order valence-electron chi connectivity index (χ2n) is 7.02. The number of hydrogen-bond donors (Lipinski definition) is 1. The average Bonchev–Trinajstić information content (AvgIpc) is 2.67. The first-order valence-electron chi connectivity index (χ1n) is 9.18. The number of nitrogens with one attached hydrogen (secondary N) is 1. The Morgan fingerprint density at radius 2 is 1.79 bits per heavy atom. The molecule has 0 aliphatic heterocycles. The number of fused-ring (bicyclic) bond motifs is 1. The number of anilines is 1. The molecule has 0 aromatic heterocycles. The SMILES string of the molecule is Cc1ccc(N(C(C)C(=O)NCc2cccc3ccccc23)S(C)(=O)=O)cc1Cl. The van der Waals surface area contributed by atoms with E-state index in [1.807, 2.05) is 49.4 Å². The highest BCUT2D eigenvalue weighted by atomic mass is 35.5. The van der Waals surface area contributed by atoms with Gasteiger partial charge in [-0.15, -0.1) is 0 Å². The van der Waals surface area contributed by atoms with Gasteiger partial charge in [0.25, 0.3) is 0 Å². The van der Waals surface area contributed by atoms with Crippen molar-refractivity contribution in [2.75, 3.05) is 10.6 Å². The van der Waals surface area contributed by atoms with E-state index in [4.69, 9.17) is 11.6 Å². The summed E-state index contributed by atoms with van der Waals surface area (Å²) in [6, 6.07) is 17.8. The van der Waals surface area contributed by atoms with Crippen LogP contribution in [0.5, 0.6) is 0 Å². The minimum atomic E-state index is -3.70. The summed E-state index contributed by atoms with van der Waals surface area (Å²) in [6.45, 7) is 3.70. The minimum Gasteiger partial charge on any atom is -0.350 e. The molecule has 0 aliphatic rings. The standard InChI is InChI=1S/C22H23ClN2O3S/c1-15-11-12-19(13-21(15)23)25(29(3,27)28)16(2)22(26)24-14-18-9-6-8-17-7-4-5-10-20(17)18/h4-13,16H,14H2,1-3H3,(H,24,26). The fraction of sp³-hybridized carbons (Fsp3) is 0.227. The number of sulfonamides is 1. The summed E-state index contributed by atoms with van der Waals surface area (Å²) in [5.74, 6) is -0.389. The quantitative estimate of drug-likeness (QED) is 0.635. The summed E-state index contributed by atoms with van der Waals surface area (Å²) in [5, 5.41) is 5.44. The lowest BCUT2D eigenvalue weighted by Gasteiger charge is -2.28. The molecule has 0 saturated heterocycles. The number of rotatable bonds is 6. The van der Waals surface area contributed by atoms with Gasteiger partial charge in [-0.1, -0.05) is 60.1 Å². The Labute approximate surface area is 176 Å². The topological polar surface area (TPSA) is 66.5 Å². The Morgan fingerprint density at radius 3 is 2.48 bits per heavy atom. The van der Waals surface area contributed by atoms with E-state index < -0.39 is 16.1 Å². The lowest BCUT2D eigenvalue weighted by atomic mass is 10.0. The number of amides is 1. The average molecular weight is 431 g/mol. The van der Waals surface area contributed by atoms with Crippen LogP contribution in [0.2, 0.25) is 5.02 Å². The molecule has 3 aromatic rings. The fourth-order valence-electron chi connectivity index (χ4n) is 3.30. The fourth-order valence-corrected chi connectivity index (χ4v) is 4.65. The van der Waals surface area contributed by atoms with Gasteiger partial charge in [-0.25, -0.2) is 8.42 Å². The maximum atomic E-state index is 12.8. The molecule has 0 fully saturated rings. The molecule has 0 bridgehead atoms. The maximum Gasteiger partial charge on any atom is 0.243 e. The number of hydrogen-bond acceptors (Lipinski definition) is 3. The highest BCUT2D eigenvalue weighted by Gasteiger charge is 2.29. The summed E-state index contributed by atoms with van der Waals surface area (Å²) in [7, 11) is -3.70. The molecule has 152 valence electrons. The molecule has 0 heterocycles. The Hall–Kier alpha value is -2.57. The summed E-state index contributed by atoms with van der Waals surface area (Å²) in [4.78, 5) is 12.8. The highest BCUT2D eigenvalue weighted by Crippen LogP contribution is 2.27. The summed E-state index contributed by atoms with van der Waals surface area (Å²) >= 11 is 6.17. The van der Waals surface area contributed by atoms with Crippen LogP contribution in [-0.2, 0) is 21.4 Å². The van der Waals surface area contributed by atoms with Crippen LogP contribution in [0, 0.1) is 6.92 Å². The molecule has 3 aromatic carbocycles. The van der Waals surface area contributed by atoms with Gasteiger partial charge in [-0.2, -0.15) is 0 Å². The second kappa shape index (κ2) is 8.43. The number of carbonyl (C=O) groups excluding carboxylic acids is 1. The normalized spacial score (nSPS) is 12.6. The van der Waals surface area contributed by atoms with E-state index in [0.29, 0.717) is 17.3 Å². The van der Waals surface area contributed by atoms with E-state index in [9.17, 15) is 13.2 Å². The Balaban J connectivity index is 1.83. The molecule has 1 unspecified atom stereocenters. The molecule has 0 saturated carbocycles. The van der Waals surface area contributed by atoms with Gasteiger partial charge in [-0.3, -0.25) is 9.10 Å². The first-order chi connectivity index (χ1) is 13.7. The van der Waals surface area contributed by atoms with Crippen molar-refractivity contribution in [3.8, 4) is 0 Å². The molecule has 1 atom stereocenters. The van der Waals surface area contributed by atoms with E-state index in [-0.39, 0.29) is 5.91 Å². The lowest BCUT2D eigenvalue weighted by Crippen LogP contribution is -2.47. The number of benzene rings is 3. The molecule has 1 N–H and O–H groups in total. The first-order valence-corrected chi connectivity index (χ1v) is 11.4. The smallest absolute Gasteiger partial charge is 0.243 e. The predicted molar refractivity (Wildman–Crippen MR) is 119 cm³/mol. The number of aryl methyl sites for hydroxylation is 1. The van der Waals surface area contributed by atoms with E-state index in [1.54, 1.807) is 25.1 Å². The molecule has 0 aliphatic carbocycles. The summed E-state index contributed by atoms with van der Waals surface area (Å²) in [6.07, 6.45) is 1.08. The van der Waals surface area contributed by atoms with Crippen molar-refractivity contribution in [3.63, 3.8) is 0 Å². The van der Waals surface area contributed by atoms with Crippen molar-refractivity contribution < 1.29 is 13.2 Å². The van der Waals surface area contributed by atoms with Crippen LogP contribution >= 0.6 is 11.6 Å². The van der Waals surface area contributed by atoms with E-state index in [0.717, 1.165) is 32.5 Å². The van der Waals surface area contributed by atoms with Crippen LogP contribution in [0.25, 0.3) is 10.8 Å². The van der Waals surface area contributed by atoms with Gasteiger partial charge < -0.3 is 5.32 Å². The zero-order valence-electron chi connectivity index (χ0n) is 16.5. The maximum absolute atomic E-state index is 12.8. The first kappa shape index (κ1) is 21.1. The van der Waals surface area contributed by atoms with Crippen molar-refractivity contribution in [2.45, 2.75) is 26.4 Å². The summed E-state index contributed by atoms with van der Waals surface area (Å²) in [5.41, 5.74) is 2.15. The zero-order valence-corrected chi connectivity index (χ0v) is 18.1. The van der Waals surface area contributed by atoms with Crippen molar-refractivity contribution in [3.05, 3.63) is 76.8 Å². The Kier molecular flexibility index (Phi) is 6.15. The number of nitrogens with zero attached hydrogens (tertiary/aromatic N) is 1. The molecule has 0 radical (unpaired) electrons. The predicted octanol–water partition coefficient (Wildman–Crippen LogP) is 4.27. The van der Waals surface area contributed by atoms with Crippen molar-refractivity contribution in [1.82, 2.24) is 5.32 Å². The molecule has 0 spiro atoms. The van der Waals surface area contributed by atoms with Gasteiger partial charge in [0.15, 0.2) is 0 Å². The van der Waals surface area contributed by atoms with Gasteiger partial charge in [0, 0.05) is 11.6 Å². The third-order valence-electron chi connectivity index (χ3n) is 4.83. The van der Waals surface area contributed by atoms with Crippen LogP contribution in [0.3, 0.4) is 0 Å². The van der Waals surface area contributed by atoms with E-state index in [2.05, 4.69) is 5.32 Å². The van der Waals surface area contributed by atoms with Crippen LogP contribution in [0.4, 0.5) is 5.69 Å². The van der Waals surface area contributed by atoms with Crippen LogP contribution < -0.4 is 9.62 Å². The summed E-state index contributed by atoms with van der Waals surface area (Å²) < 4.78 is 25.9. The Bertz CT molecular complexity index is 1160. The number of halogens is 1.